The van der Waals surface area contributed by atoms with Crippen molar-refractivity contribution in [1.29, 1.82) is 0 Å². The quantitative estimate of drug-likeness (QED) is 0.771. The number of unbranched alkanes of at least 4 members (excludes halogenated alkanes) is 3. The molecule has 0 aliphatic heterocycles. The van der Waals surface area contributed by atoms with Gasteiger partial charge < -0.3 is 10.4 Å². The summed E-state index contributed by atoms with van der Waals surface area (Å²) in [6.45, 7) is 2.83. The van der Waals surface area contributed by atoms with Crippen LogP contribution in [0.3, 0.4) is 0 Å². The normalized spacial score (nSPS) is 16.1. The number of benzene rings is 1. The number of nitrogens with one attached hydrogen (secondary N) is 1. The maximum atomic E-state index is 12.1. The SMILES string of the molecule is CCCCCCNC(=O)C1(O)Cc2ccccc2C1. The molecule has 3 nitrogen and oxygen atoms in total. The molecule has 0 heterocycles. The van der Waals surface area contributed by atoms with Crippen LogP contribution < -0.4 is 5.32 Å². The van der Waals surface area contributed by atoms with Gasteiger partial charge in [0, 0.05) is 19.4 Å². The Morgan fingerprint density at radius 3 is 2.42 bits per heavy atom. The van der Waals surface area contributed by atoms with E-state index in [1.165, 1.54) is 12.8 Å². The maximum absolute atomic E-state index is 12.1. The van der Waals surface area contributed by atoms with Crippen molar-refractivity contribution in [1.82, 2.24) is 5.32 Å². The third-order valence-electron chi connectivity index (χ3n) is 3.82. The van der Waals surface area contributed by atoms with Gasteiger partial charge in [0.2, 0.25) is 0 Å². The fourth-order valence-corrected chi connectivity index (χ4v) is 2.67. The molecule has 1 aromatic rings. The van der Waals surface area contributed by atoms with Crippen molar-refractivity contribution in [2.24, 2.45) is 0 Å². The molecule has 1 aromatic carbocycles. The molecule has 2 N–H and O–H groups in total. The van der Waals surface area contributed by atoms with Crippen LogP contribution in [0.2, 0.25) is 0 Å². The lowest BCUT2D eigenvalue weighted by molar-refractivity contribution is -0.138. The molecule has 0 saturated heterocycles. The molecule has 1 aliphatic rings. The Balaban J connectivity index is 1.84. The van der Waals surface area contributed by atoms with Crippen molar-refractivity contribution in [3.05, 3.63) is 35.4 Å². The van der Waals surface area contributed by atoms with Crippen LogP contribution in [0.15, 0.2) is 24.3 Å². The summed E-state index contributed by atoms with van der Waals surface area (Å²) in [5.41, 5.74) is 0.936. The Kier molecular flexibility index (Phi) is 4.59. The van der Waals surface area contributed by atoms with Crippen molar-refractivity contribution in [2.45, 2.75) is 51.0 Å². The summed E-state index contributed by atoms with van der Waals surface area (Å²) in [4.78, 5) is 12.1. The van der Waals surface area contributed by atoms with Gasteiger partial charge in [-0.2, -0.15) is 0 Å². The monoisotopic (exact) mass is 261 g/mol. The number of fused-ring (bicyclic) bond motifs is 1. The molecule has 0 aromatic heterocycles. The van der Waals surface area contributed by atoms with Crippen LogP contribution in [-0.2, 0) is 17.6 Å². The first-order valence-electron chi connectivity index (χ1n) is 7.23. The first kappa shape index (κ1) is 14.1. The molecule has 104 valence electrons. The van der Waals surface area contributed by atoms with Gasteiger partial charge in [0.25, 0.3) is 5.91 Å². The molecule has 1 aliphatic carbocycles. The average Bonchev–Trinajstić information content (AvgIpc) is 2.75. The molecule has 0 unspecified atom stereocenters. The molecule has 0 bridgehead atoms. The van der Waals surface area contributed by atoms with Crippen LogP contribution in [0, 0.1) is 0 Å². The first-order valence-corrected chi connectivity index (χ1v) is 7.23. The van der Waals surface area contributed by atoms with E-state index in [2.05, 4.69) is 12.2 Å². The largest absolute Gasteiger partial charge is 0.379 e. The molecule has 1 amide bonds. The van der Waals surface area contributed by atoms with Gasteiger partial charge in [0.15, 0.2) is 5.60 Å². The van der Waals surface area contributed by atoms with Crippen LogP contribution >= 0.6 is 0 Å². The molecule has 0 saturated carbocycles. The summed E-state index contributed by atoms with van der Waals surface area (Å²) in [5, 5.41) is 13.3. The zero-order chi connectivity index (χ0) is 13.7. The van der Waals surface area contributed by atoms with E-state index < -0.39 is 5.60 Å². The Morgan fingerprint density at radius 1 is 1.21 bits per heavy atom. The van der Waals surface area contributed by atoms with Gasteiger partial charge in [-0.3, -0.25) is 4.79 Å². The van der Waals surface area contributed by atoms with Crippen molar-refractivity contribution in [3.8, 4) is 0 Å². The number of aliphatic hydroxyl groups is 1. The van der Waals surface area contributed by atoms with Crippen molar-refractivity contribution >= 4 is 5.91 Å². The summed E-state index contributed by atoms with van der Waals surface area (Å²) >= 11 is 0. The van der Waals surface area contributed by atoms with Crippen molar-refractivity contribution < 1.29 is 9.90 Å². The van der Waals surface area contributed by atoms with Gasteiger partial charge in [-0.1, -0.05) is 50.5 Å². The summed E-state index contributed by atoms with van der Waals surface area (Å²) in [6, 6.07) is 7.88. The highest BCUT2D eigenvalue weighted by Gasteiger charge is 2.41. The molecular formula is C16H23NO2. The highest BCUT2D eigenvalue weighted by atomic mass is 16.3. The molecule has 0 fully saturated rings. The van der Waals surface area contributed by atoms with Crippen LogP contribution in [0.5, 0.6) is 0 Å². The van der Waals surface area contributed by atoms with Gasteiger partial charge in [-0.15, -0.1) is 0 Å². The zero-order valence-electron chi connectivity index (χ0n) is 11.6. The van der Waals surface area contributed by atoms with E-state index in [0.717, 1.165) is 24.0 Å². The van der Waals surface area contributed by atoms with E-state index in [1.807, 2.05) is 24.3 Å². The molecule has 0 radical (unpaired) electrons. The standard InChI is InChI=1S/C16H23NO2/c1-2-3-4-7-10-17-15(18)16(19)11-13-8-5-6-9-14(13)12-16/h5-6,8-9,19H,2-4,7,10-12H2,1H3,(H,17,18). The Labute approximate surface area is 115 Å². The third kappa shape index (κ3) is 3.35. The van der Waals surface area contributed by atoms with Crippen LogP contribution in [-0.4, -0.2) is 23.2 Å². The highest BCUT2D eigenvalue weighted by Crippen LogP contribution is 2.30. The minimum absolute atomic E-state index is 0.222. The minimum Gasteiger partial charge on any atom is -0.379 e. The van der Waals surface area contributed by atoms with E-state index >= 15 is 0 Å². The van der Waals surface area contributed by atoms with Crippen LogP contribution in [0.4, 0.5) is 0 Å². The van der Waals surface area contributed by atoms with E-state index in [9.17, 15) is 9.90 Å². The van der Waals surface area contributed by atoms with Crippen molar-refractivity contribution in [3.63, 3.8) is 0 Å². The first-order chi connectivity index (χ1) is 9.15. The molecule has 3 heteroatoms. The van der Waals surface area contributed by atoms with Crippen LogP contribution in [0.1, 0.15) is 43.7 Å². The second kappa shape index (κ2) is 6.20. The summed E-state index contributed by atoms with van der Waals surface area (Å²) in [6.07, 6.45) is 5.38. The molecule has 19 heavy (non-hydrogen) atoms. The molecule has 0 spiro atoms. The van der Waals surface area contributed by atoms with E-state index in [0.29, 0.717) is 19.4 Å². The van der Waals surface area contributed by atoms with Gasteiger partial charge in [-0.25, -0.2) is 0 Å². The maximum Gasteiger partial charge on any atom is 0.252 e. The van der Waals surface area contributed by atoms with E-state index in [4.69, 9.17) is 0 Å². The van der Waals surface area contributed by atoms with Crippen LogP contribution in [0.25, 0.3) is 0 Å². The minimum atomic E-state index is -1.24. The predicted octanol–water partition coefficient (Wildman–Crippen LogP) is 2.21. The summed E-state index contributed by atoms with van der Waals surface area (Å²) < 4.78 is 0. The number of hydrogen-bond acceptors (Lipinski definition) is 2. The van der Waals surface area contributed by atoms with E-state index in [1.54, 1.807) is 0 Å². The van der Waals surface area contributed by atoms with Gasteiger partial charge in [-0.05, 0) is 17.5 Å². The van der Waals surface area contributed by atoms with Crippen molar-refractivity contribution in [2.75, 3.05) is 6.54 Å². The molecule has 0 atom stereocenters. The second-order valence-corrected chi connectivity index (χ2v) is 5.47. The number of amides is 1. The average molecular weight is 261 g/mol. The molecule has 2 rings (SSSR count). The molecular weight excluding hydrogens is 238 g/mol. The number of carbonyl (C=O) groups is 1. The predicted molar refractivity (Wildman–Crippen MR) is 76.0 cm³/mol. The lowest BCUT2D eigenvalue weighted by Gasteiger charge is -2.21. The summed E-state index contributed by atoms with van der Waals surface area (Å²) in [5.74, 6) is -0.222. The number of hydrogen-bond donors (Lipinski definition) is 2. The van der Waals surface area contributed by atoms with E-state index in [-0.39, 0.29) is 5.91 Å². The van der Waals surface area contributed by atoms with Gasteiger partial charge in [0.05, 0.1) is 0 Å². The van der Waals surface area contributed by atoms with Gasteiger partial charge in [0.1, 0.15) is 0 Å². The Bertz CT molecular complexity index is 417. The number of rotatable bonds is 6. The Hall–Kier alpha value is -1.35. The zero-order valence-corrected chi connectivity index (χ0v) is 11.6. The fraction of sp³-hybridized carbons (Fsp3) is 0.562. The Morgan fingerprint density at radius 2 is 1.84 bits per heavy atom. The fourth-order valence-electron chi connectivity index (χ4n) is 2.67. The lowest BCUT2D eigenvalue weighted by Crippen LogP contribution is -2.47. The lowest BCUT2D eigenvalue weighted by atomic mass is 9.99. The second-order valence-electron chi connectivity index (χ2n) is 5.47. The topological polar surface area (TPSA) is 49.3 Å². The van der Waals surface area contributed by atoms with Gasteiger partial charge >= 0.3 is 0 Å². The number of carbonyl (C=O) groups excluding carboxylic acids is 1. The smallest absolute Gasteiger partial charge is 0.252 e. The summed E-state index contributed by atoms with van der Waals surface area (Å²) in [7, 11) is 0. The highest BCUT2D eigenvalue weighted by molar-refractivity contribution is 5.86. The third-order valence-corrected chi connectivity index (χ3v) is 3.82.